The Morgan fingerprint density at radius 1 is 1.21 bits per heavy atom. The van der Waals surface area contributed by atoms with Crippen molar-refractivity contribution in [1.82, 2.24) is 15.2 Å². The van der Waals surface area contributed by atoms with Gasteiger partial charge >= 0.3 is 0 Å². The van der Waals surface area contributed by atoms with Crippen LogP contribution < -0.4 is 10.9 Å². The lowest BCUT2D eigenvalue weighted by molar-refractivity contribution is -0.119. The number of nitrogens with zero attached hydrogens (tertiary/aromatic N) is 1. The number of H-pyrrole nitrogens is 1. The Morgan fingerprint density at radius 3 is 2.71 bits per heavy atom. The number of fused-ring (bicyclic) bond motifs is 1. The van der Waals surface area contributed by atoms with E-state index in [4.69, 9.17) is 0 Å². The number of rotatable bonds is 2. The summed E-state index contributed by atoms with van der Waals surface area (Å²) in [5.41, 5.74) is 3.01. The molecule has 0 unspecified atom stereocenters. The van der Waals surface area contributed by atoms with Crippen LogP contribution in [0.4, 0.5) is 0 Å². The molecule has 2 aliphatic rings. The largest absolute Gasteiger partial charge is 0.356 e. The molecule has 0 atom stereocenters. The van der Waals surface area contributed by atoms with Gasteiger partial charge in [-0.25, -0.2) is 0 Å². The minimum absolute atomic E-state index is 0.00907. The lowest BCUT2D eigenvalue weighted by Gasteiger charge is -2.38. The lowest BCUT2D eigenvalue weighted by Crippen LogP contribution is -2.41. The average molecular weight is 325 g/mol. The molecule has 2 aliphatic heterocycles. The number of carbonyl (C=O) groups is 1. The summed E-state index contributed by atoms with van der Waals surface area (Å²) >= 11 is 0. The average Bonchev–Trinajstić information content (AvgIpc) is 2.92. The number of piperidine rings is 1. The third kappa shape index (κ3) is 2.73. The molecule has 0 saturated carbocycles. The van der Waals surface area contributed by atoms with E-state index in [0.717, 1.165) is 54.5 Å². The normalized spacial score (nSPS) is 20.6. The van der Waals surface area contributed by atoms with E-state index in [1.54, 1.807) is 0 Å². The van der Waals surface area contributed by atoms with E-state index in [2.05, 4.69) is 15.2 Å². The van der Waals surface area contributed by atoms with Gasteiger partial charge in [0.25, 0.3) is 5.56 Å². The molecule has 2 N–H and O–H groups in total. The predicted octanol–water partition coefficient (Wildman–Crippen LogP) is 1.94. The summed E-state index contributed by atoms with van der Waals surface area (Å²) < 4.78 is 0. The van der Waals surface area contributed by atoms with E-state index in [9.17, 15) is 9.59 Å². The SMILES string of the molecule is Cc1cccc2cc(CN3CCC4(CC3)CNC(=O)C4)c(=O)[nH]c12. The van der Waals surface area contributed by atoms with Gasteiger partial charge in [-0.05, 0) is 55.3 Å². The molecule has 1 aromatic carbocycles. The third-order valence-electron chi connectivity index (χ3n) is 5.67. The summed E-state index contributed by atoms with van der Waals surface area (Å²) in [6, 6.07) is 8.10. The van der Waals surface area contributed by atoms with Gasteiger partial charge in [-0.15, -0.1) is 0 Å². The molecule has 5 nitrogen and oxygen atoms in total. The van der Waals surface area contributed by atoms with Crippen LogP contribution in [0.3, 0.4) is 0 Å². The molecular formula is C19H23N3O2. The maximum absolute atomic E-state index is 12.4. The zero-order valence-corrected chi connectivity index (χ0v) is 14.0. The number of para-hydroxylation sites is 1. The second-order valence-electron chi connectivity index (χ2n) is 7.39. The van der Waals surface area contributed by atoms with Gasteiger partial charge in [0.1, 0.15) is 0 Å². The Kier molecular flexibility index (Phi) is 3.68. The summed E-state index contributed by atoms with van der Waals surface area (Å²) in [7, 11) is 0. The van der Waals surface area contributed by atoms with Crippen LogP contribution in [0.2, 0.25) is 0 Å². The first kappa shape index (κ1) is 15.4. The molecule has 126 valence electrons. The number of amides is 1. The summed E-state index contributed by atoms with van der Waals surface area (Å²) in [5, 5.41) is 4.05. The Hall–Kier alpha value is -2.14. The minimum atomic E-state index is 0.00907. The van der Waals surface area contributed by atoms with Crippen molar-refractivity contribution in [1.29, 1.82) is 0 Å². The molecule has 1 amide bonds. The van der Waals surface area contributed by atoms with Crippen molar-refractivity contribution in [2.75, 3.05) is 19.6 Å². The van der Waals surface area contributed by atoms with Crippen molar-refractivity contribution < 1.29 is 4.79 Å². The Bertz CT molecular complexity index is 847. The number of aromatic amines is 1. The highest BCUT2D eigenvalue weighted by Gasteiger charge is 2.40. The van der Waals surface area contributed by atoms with Crippen molar-refractivity contribution in [3.05, 3.63) is 45.7 Å². The number of hydrogen-bond acceptors (Lipinski definition) is 3. The Balaban J connectivity index is 1.50. The van der Waals surface area contributed by atoms with Gasteiger partial charge in [0.05, 0.1) is 5.52 Å². The zero-order chi connectivity index (χ0) is 16.7. The predicted molar refractivity (Wildman–Crippen MR) is 93.9 cm³/mol. The Morgan fingerprint density at radius 2 is 2.00 bits per heavy atom. The van der Waals surface area contributed by atoms with Gasteiger partial charge in [0.2, 0.25) is 5.91 Å². The number of pyridine rings is 1. The zero-order valence-electron chi connectivity index (χ0n) is 14.0. The van der Waals surface area contributed by atoms with E-state index in [-0.39, 0.29) is 16.9 Å². The Labute approximate surface area is 141 Å². The van der Waals surface area contributed by atoms with Gasteiger partial charge in [0.15, 0.2) is 0 Å². The molecule has 3 heterocycles. The van der Waals surface area contributed by atoms with Crippen molar-refractivity contribution >= 4 is 16.8 Å². The molecule has 0 bridgehead atoms. The number of aromatic nitrogens is 1. The molecule has 1 spiro atoms. The first-order chi connectivity index (χ1) is 11.5. The van der Waals surface area contributed by atoms with E-state index in [1.165, 1.54) is 0 Å². The second kappa shape index (κ2) is 5.74. The van der Waals surface area contributed by atoms with Gasteiger partial charge in [-0.1, -0.05) is 18.2 Å². The van der Waals surface area contributed by atoms with Gasteiger partial charge < -0.3 is 10.3 Å². The van der Waals surface area contributed by atoms with Crippen molar-refractivity contribution in [3.63, 3.8) is 0 Å². The molecule has 2 aromatic rings. The van der Waals surface area contributed by atoms with Crippen LogP contribution in [-0.4, -0.2) is 35.4 Å². The number of aryl methyl sites for hydroxylation is 1. The van der Waals surface area contributed by atoms with E-state index in [1.807, 2.05) is 31.2 Å². The quantitative estimate of drug-likeness (QED) is 0.887. The molecule has 2 saturated heterocycles. The first-order valence-electron chi connectivity index (χ1n) is 8.65. The van der Waals surface area contributed by atoms with E-state index in [0.29, 0.717) is 13.0 Å². The maximum atomic E-state index is 12.4. The third-order valence-corrected chi connectivity index (χ3v) is 5.67. The molecule has 0 aliphatic carbocycles. The monoisotopic (exact) mass is 325 g/mol. The minimum Gasteiger partial charge on any atom is -0.356 e. The van der Waals surface area contributed by atoms with E-state index >= 15 is 0 Å². The fraction of sp³-hybridized carbons (Fsp3) is 0.474. The van der Waals surface area contributed by atoms with Crippen LogP contribution in [0.1, 0.15) is 30.4 Å². The van der Waals surface area contributed by atoms with Crippen molar-refractivity contribution in [2.45, 2.75) is 32.7 Å². The fourth-order valence-electron chi connectivity index (χ4n) is 4.08. The van der Waals surface area contributed by atoms with Gasteiger partial charge in [-0.3, -0.25) is 14.5 Å². The maximum Gasteiger partial charge on any atom is 0.252 e. The molecule has 1 aromatic heterocycles. The topological polar surface area (TPSA) is 65.2 Å². The number of benzene rings is 1. The van der Waals surface area contributed by atoms with Gasteiger partial charge in [-0.2, -0.15) is 0 Å². The van der Waals surface area contributed by atoms with E-state index < -0.39 is 0 Å². The second-order valence-corrected chi connectivity index (χ2v) is 7.39. The summed E-state index contributed by atoms with van der Waals surface area (Å²) in [4.78, 5) is 29.3. The summed E-state index contributed by atoms with van der Waals surface area (Å²) in [6.07, 6.45) is 2.71. The number of hydrogen-bond donors (Lipinski definition) is 2. The highest BCUT2D eigenvalue weighted by Crippen LogP contribution is 2.37. The summed E-state index contributed by atoms with van der Waals surface area (Å²) in [5.74, 6) is 0.185. The highest BCUT2D eigenvalue weighted by atomic mass is 16.2. The fourth-order valence-corrected chi connectivity index (χ4v) is 4.08. The van der Waals surface area contributed by atoms with Crippen LogP contribution >= 0.6 is 0 Å². The summed E-state index contributed by atoms with van der Waals surface area (Å²) in [6.45, 7) is 5.39. The molecule has 2 fully saturated rings. The van der Waals surface area contributed by atoms with Crippen molar-refractivity contribution in [3.8, 4) is 0 Å². The first-order valence-corrected chi connectivity index (χ1v) is 8.65. The molecule has 0 radical (unpaired) electrons. The van der Waals surface area contributed by atoms with Crippen LogP contribution in [0.25, 0.3) is 10.9 Å². The molecule has 24 heavy (non-hydrogen) atoms. The molecule has 4 rings (SSSR count). The number of likely N-dealkylation sites (tertiary alicyclic amines) is 1. The number of nitrogens with one attached hydrogen (secondary N) is 2. The van der Waals surface area contributed by atoms with Crippen LogP contribution in [-0.2, 0) is 11.3 Å². The van der Waals surface area contributed by atoms with Crippen LogP contribution in [0.5, 0.6) is 0 Å². The lowest BCUT2D eigenvalue weighted by atomic mass is 9.77. The standard InChI is InChI=1S/C19H23N3O2/c1-13-3-2-4-14-9-15(18(24)21-17(13)14)11-22-7-5-19(6-8-22)10-16(23)20-12-19/h2-4,9H,5-8,10-12H2,1H3,(H,20,23)(H,21,24). The van der Waals surface area contributed by atoms with Gasteiger partial charge in [0, 0.05) is 25.1 Å². The highest BCUT2D eigenvalue weighted by molar-refractivity contribution is 5.82. The van der Waals surface area contributed by atoms with Crippen LogP contribution in [0, 0.1) is 12.3 Å². The smallest absolute Gasteiger partial charge is 0.252 e. The van der Waals surface area contributed by atoms with Crippen LogP contribution in [0.15, 0.2) is 29.1 Å². The molecular weight excluding hydrogens is 302 g/mol. The number of carbonyl (C=O) groups excluding carboxylic acids is 1. The molecule has 5 heteroatoms. The van der Waals surface area contributed by atoms with Crippen molar-refractivity contribution in [2.24, 2.45) is 5.41 Å².